The first-order chi connectivity index (χ1) is 11.2. The first kappa shape index (κ1) is 17.1. The van der Waals surface area contributed by atoms with E-state index in [1.54, 1.807) is 18.1 Å². The summed E-state index contributed by atoms with van der Waals surface area (Å²) in [5.41, 5.74) is 2.44. The molecule has 2 saturated carbocycles. The molecule has 4 aliphatic carbocycles. The van der Waals surface area contributed by atoms with Gasteiger partial charge in [0.2, 0.25) is 0 Å². The van der Waals surface area contributed by atoms with Crippen molar-refractivity contribution in [2.45, 2.75) is 96.4 Å². The molecule has 3 heteroatoms. The Balaban J connectivity index is 1.73. The number of fused-ring (bicyclic) bond motifs is 4. The van der Waals surface area contributed by atoms with E-state index in [0.29, 0.717) is 11.8 Å². The Labute approximate surface area is 146 Å². The molecule has 136 valence electrons. The van der Waals surface area contributed by atoms with Crippen LogP contribution in [0, 0.1) is 22.7 Å². The van der Waals surface area contributed by atoms with Crippen molar-refractivity contribution >= 4 is 0 Å². The molecule has 4 rings (SSSR count). The lowest BCUT2D eigenvalue weighted by Gasteiger charge is -2.56. The zero-order chi connectivity index (χ0) is 17.3. The summed E-state index contributed by atoms with van der Waals surface area (Å²) in [5, 5.41) is 31.6. The second-order valence-electron chi connectivity index (χ2n) is 9.69. The van der Waals surface area contributed by atoms with Gasteiger partial charge in [0.05, 0.1) is 17.8 Å². The SMILES string of the molecule is C[C@@H](O)[C@@]1(O)CC[C@H]2C3=C(CC[C@@]21C)[C@@]1(C)CCC(O)C[C@@H]1CC3. The smallest absolute Gasteiger partial charge is 0.0961 e. The molecule has 0 spiro atoms. The highest BCUT2D eigenvalue weighted by Crippen LogP contribution is 2.66. The van der Waals surface area contributed by atoms with Gasteiger partial charge in [0, 0.05) is 5.41 Å². The van der Waals surface area contributed by atoms with Gasteiger partial charge in [0.1, 0.15) is 0 Å². The fourth-order valence-corrected chi connectivity index (χ4v) is 7.18. The number of allylic oxidation sites excluding steroid dienone is 2. The van der Waals surface area contributed by atoms with Gasteiger partial charge in [0.25, 0.3) is 0 Å². The van der Waals surface area contributed by atoms with Crippen LogP contribution in [0.5, 0.6) is 0 Å². The van der Waals surface area contributed by atoms with Gasteiger partial charge in [-0.05, 0) is 82.0 Å². The molecule has 4 aliphatic rings. The third kappa shape index (κ3) is 2.01. The number of hydrogen-bond donors (Lipinski definition) is 3. The summed E-state index contributed by atoms with van der Waals surface area (Å²) in [7, 11) is 0. The molecule has 0 amide bonds. The van der Waals surface area contributed by atoms with Gasteiger partial charge in [-0.3, -0.25) is 0 Å². The average molecular weight is 335 g/mol. The van der Waals surface area contributed by atoms with E-state index in [-0.39, 0.29) is 16.9 Å². The van der Waals surface area contributed by atoms with Crippen molar-refractivity contribution in [2.24, 2.45) is 22.7 Å². The van der Waals surface area contributed by atoms with Gasteiger partial charge in [-0.15, -0.1) is 0 Å². The molecule has 0 bridgehead atoms. The van der Waals surface area contributed by atoms with Crippen LogP contribution in [0.25, 0.3) is 0 Å². The number of aliphatic hydroxyl groups excluding tert-OH is 2. The first-order valence-electron chi connectivity index (χ1n) is 10.0. The fourth-order valence-electron chi connectivity index (χ4n) is 7.18. The highest BCUT2D eigenvalue weighted by molar-refractivity contribution is 5.36. The molecule has 1 unspecified atom stereocenters. The van der Waals surface area contributed by atoms with Crippen molar-refractivity contribution in [2.75, 3.05) is 0 Å². The molecule has 0 aliphatic heterocycles. The van der Waals surface area contributed by atoms with Gasteiger partial charge in [-0.2, -0.15) is 0 Å². The molecule has 3 nitrogen and oxygen atoms in total. The quantitative estimate of drug-likeness (QED) is 0.643. The van der Waals surface area contributed by atoms with E-state index in [1.165, 1.54) is 6.42 Å². The van der Waals surface area contributed by atoms with Gasteiger partial charge >= 0.3 is 0 Å². The molecular weight excluding hydrogens is 300 g/mol. The van der Waals surface area contributed by atoms with E-state index in [4.69, 9.17) is 0 Å². The van der Waals surface area contributed by atoms with E-state index in [0.717, 1.165) is 51.4 Å². The summed E-state index contributed by atoms with van der Waals surface area (Å²) < 4.78 is 0. The maximum atomic E-state index is 11.2. The second-order valence-corrected chi connectivity index (χ2v) is 9.69. The van der Waals surface area contributed by atoms with Gasteiger partial charge in [0.15, 0.2) is 0 Å². The Kier molecular flexibility index (Phi) is 3.77. The highest BCUT2D eigenvalue weighted by Gasteiger charge is 2.62. The largest absolute Gasteiger partial charge is 0.393 e. The third-order valence-corrected chi connectivity index (χ3v) is 8.87. The zero-order valence-electron chi connectivity index (χ0n) is 15.5. The Hall–Kier alpha value is -0.380. The van der Waals surface area contributed by atoms with Crippen LogP contribution in [0.4, 0.5) is 0 Å². The van der Waals surface area contributed by atoms with Crippen LogP contribution in [-0.2, 0) is 0 Å². The predicted molar refractivity (Wildman–Crippen MR) is 94.4 cm³/mol. The molecule has 0 radical (unpaired) electrons. The minimum absolute atomic E-state index is 0.106. The third-order valence-electron chi connectivity index (χ3n) is 8.87. The monoisotopic (exact) mass is 334 g/mol. The Bertz CT molecular complexity index is 567. The second kappa shape index (κ2) is 5.31. The Morgan fingerprint density at radius 3 is 2.50 bits per heavy atom. The van der Waals surface area contributed by atoms with Crippen molar-refractivity contribution in [3.63, 3.8) is 0 Å². The molecule has 0 heterocycles. The summed E-state index contributed by atoms with van der Waals surface area (Å²) in [4.78, 5) is 0. The van der Waals surface area contributed by atoms with E-state index in [2.05, 4.69) is 13.8 Å². The van der Waals surface area contributed by atoms with Crippen molar-refractivity contribution < 1.29 is 15.3 Å². The highest BCUT2D eigenvalue weighted by atomic mass is 16.3. The normalized spacial score (nSPS) is 52.5. The molecule has 7 atom stereocenters. The van der Waals surface area contributed by atoms with Crippen LogP contribution in [0.1, 0.15) is 78.6 Å². The molecule has 0 saturated heterocycles. The van der Waals surface area contributed by atoms with Crippen LogP contribution in [0.2, 0.25) is 0 Å². The molecule has 24 heavy (non-hydrogen) atoms. The Morgan fingerprint density at radius 2 is 1.79 bits per heavy atom. The molecule has 3 N–H and O–H groups in total. The van der Waals surface area contributed by atoms with Crippen LogP contribution in [0.3, 0.4) is 0 Å². The maximum Gasteiger partial charge on any atom is 0.0961 e. The van der Waals surface area contributed by atoms with E-state index in [9.17, 15) is 15.3 Å². The number of hydrogen-bond acceptors (Lipinski definition) is 3. The van der Waals surface area contributed by atoms with Gasteiger partial charge < -0.3 is 15.3 Å². The standard InChI is InChI=1S/C21H34O3/c1-13(22)21(24)11-8-18-16-5-4-14-12-15(23)6-9-19(14,2)17(16)7-10-20(18,21)3/h13-15,18,22-24H,4-12H2,1-3H3/t13-,14+,15?,18+,19+,20+,21+/m1/s1. The summed E-state index contributed by atoms with van der Waals surface area (Å²) in [6.45, 7) is 6.43. The number of aliphatic hydroxyl groups is 3. The van der Waals surface area contributed by atoms with Crippen molar-refractivity contribution in [1.29, 1.82) is 0 Å². The van der Waals surface area contributed by atoms with E-state index in [1.807, 2.05) is 0 Å². The minimum atomic E-state index is -0.934. The lowest BCUT2D eigenvalue weighted by Crippen LogP contribution is -2.55. The molecular formula is C21H34O3. The fraction of sp³-hybridized carbons (Fsp3) is 0.905. The minimum Gasteiger partial charge on any atom is -0.393 e. The van der Waals surface area contributed by atoms with Crippen molar-refractivity contribution in [3.8, 4) is 0 Å². The Morgan fingerprint density at radius 1 is 1.04 bits per heavy atom. The zero-order valence-corrected chi connectivity index (χ0v) is 15.5. The lowest BCUT2D eigenvalue weighted by atomic mass is 9.50. The summed E-state index contributed by atoms with van der Waals surface area (Å²) in [6.07, 6.45) is 8.37. The summed E-state index contributed by atoms with van der Waals surface area (Å²) in [6, 6.07) is 0. The molecule has 2 fully saturated rings. The summed E-state index contributed by atoms with van der Waals surface area (Å²) >= 11 is 0. The first-order valence-corrected chi connectivity index (χ1v) is 10.0. The molecule has 0 aromatic heterocycles. The maximum absolute atomic E-state index is 11.2. The average Bonchev–Trinajstić information content (AvgIpc) is 2.81. The molecule has 0 aromatic carbocycles. The van der Waals surface area contributed by atoms with E-state index >= 15 is 0 Å². The van der Waals surface area contributed by atoms with Crippen LogP contribution in [-0.4, -0.2) is 33.1 Å². The van der Waals surface area contributed by atoms with Gasteiger partial charge in [-0.1, -0.05) is 25.0 Å². The number of rotatable bonds is 1. The van der Waals surface area contributed by atoms with Crippen LogP contribution in [0.15, 0.2) is 11.1 Å². The van der Waals surface area contributed by atoms with Crippen LogP contribution >= 0.6 is 0 Å². The van der Waals surface area contributed by atoms with Crippen molar-refractivity contribution in [1.82, 2.24) is 0 Å². The van der Waals surface area contributed by atoms with E-state index < -0.39 is 11.7 Å². The topological polar surface area (TPSA) is 60.7 Å². The lowest BCUT2D eigenvalue weighted by molar-refractivity contribution is -0.143. The van der Waals surface area contributed by atoms with Gasteiger partial charge in [-0.25, -0.2) is 0 Å². The van der Waals surface area contributed by atoms with Crippen LogP contribution < -0.4 is 0 Å². The van der Waals surface area contributed by atoms with Crippen molar-refractivity contribution in [3.05, 3.63) is 11.1 Å². The summed E-state index contributed by atoms with van der Waals surface area (Å²) in [5.74, 6) is 1.06. The molecule has 0 aromatic rings. The predicted octanol–water partition coefficient (Wildman–Crippen LogP) is 3.57.